The van der Waals surface area contributed by atoms with E-state index in [0.717, 1.165) is 17.0 Å². The van der Waals surface area contributed by atoms with Crippen LogP contribution >= 0.6 is 23.1 Å². The second-order valence-corrected chi connectivity index (χ2v) is 9.18. The van der Waals surface area contributed by atoms with Gasteiger partial charge in [-0.15, -0.1) is 21.5 Å². The minimum Gasteiger partial charge on any atom is -0.490 e. The van der Waals surface area contributed by atoms with Crippen molar-refractivity contribution in [1.29, 1.82) is 5.41 Å². The number of benzene rings is 1. The Bertz CT molecular complexity index is 937. The molecule has 1 saturated heterocycles. The van der Waals surface area contributed by atoms with Crippen LogP contribution in [0, 0.1) is 11.3 Å². The number of ketones is 1. The maximum absolute atomic E-state index is 12.9. The number of hydrogen-bond donors (Lipinski definition) is 1. The van der Waals surface area contributed by atoms with E-state index in [1.54, 1.807) is 6.08 Å². The Morgan fingerprint density at radius 1 is 1.21 bits per heavy atom. The third-order valence-electron chi connectivity index (χ3n) is 4.16. The molecule has 0 amide bonds. The number of Topliss-reactive ketones (excluding diaryl/α,β-unsaturated/α-hetero) is 1. The summed E-state index contributed by atoms with van der Waals surface area (Å²) in [5, 5.41) is 18.3. The van der Waals surface area contributed by atoms with Crippen LogP contribution < -0.4 is 9.47 Å². The highest BCUT2D eigenvalue weighted by Crippen LogP contribution is 2.42. The summed E-state index contributed by atoms with van der Waals surface area (Å²) in [4.78, 5) is 13.5. The number of nitrogens with zero attached hydrogens (tertiary/aromatic N) is 2. The van der Waals surface area contributed by atoms with Crippen molar-refractivity contribution in [3.05, 3.63) is 38.7 Å². The van der Waals surface area contributed by atoms with Crippen LogP contribution in [0.3, 0.4) is 0 Å². The molecule has 0 spiro atoms. The number of ether oxygens (including phenoxy) is 2. The van der Waals surface area contributed by atoms with Crippen molar-refractivity contribution in [1.82, 2.24) is 10.2 Å². The molecule has 1 fully saturated rings. The Labute approximate surface area is 179 Å². The minimum atomic E-state index is -0.635. The number of nitrogens with one attached hydrogen (secondary N) is 1. The van der Waals surface area contributed by atoms with E-state index >= 15 is 0 Å². The summed E-state index contributed by atoms with van der Waals surface area (Å²) in [5.74, 6) is 1.03. The molecule has 0 aliphatic carbocycles. The van der Waals surface area contributed by atoms with Gasteiger partial charge >= 0.3 is 0 Å². The average Bonchev–Trinajstić information content (AvgIpc) is 3.25. The molecule has 0 unspecified atom stereocenters. The Hall–Kier alpha value is -2.19. The Morgan fingerprint density at radius 3 is 2.66 bits per heavy atom. The zero-order valence-corrected chi connectivity index (χ0v) is 18.7. The van der Waals surface area contributed by atoms with Gasteiger partial charge in [-0.05, 0) is 43.0 Å². The van der Waals surface area contributed by atoms with Crippen LogP contribution in [-0.2, 0) is 11.2 Å². The second kappa shape index (κ2) is 9.54. The molecule has 8 heteroatoms. The predicted octanol–water partition coefficient (Wildman–Crippen LogP) is 4.95. The van der Waals surface area contributed by atoms with Crippen LogP contribution in [0.15, 0.2) is 23.1 Å². The fraction of sp³-hybridized carbons (Fsp3) is 0.429. The zero-order valence-electron chi connectivity index (χ0n) is 17.0. The molecule has 0 bridgehead atoms. The third kappa shape index (κ3) is 5.05. The van der Waals surface area contributed by atoms with Crippen LogP contribution in [0.1, 0.15) is 49.2 Å². The number of rotatable bonds is 8. The van der Waals surface area contributed by atoms with Crippen molar-refractivity contribution in [2.24, 2.45) is 5.92 Å². The van der Waals surface area contributed by atoms with E-state index in [1.165, 1.54) is 23.1 Å². The zero-order chi connectivity index (χ0) is 21.0. The topological polar surface area (TPSA) is 85.2 Å². The summed E-state index contributed by atoms with van der Waals surface area (Å²) >= 11 is 2.59. The number of carbonyl (C=O) groups is 1. The highest BCUT2D eigenvalue weighted by Gasteiger charge is 2.39. The van der Waals surface area contributed by atoms with Crippen molar-refractivity contribution in [2.75, 3.05) is 13.2 Å². The fourth-order valence-electron chi connectivity index (χ4n) is 2.75. The molecule has 2 aromatic rings. The molecule has 1 aliphatic heterocycles. The van der Waals surface area contributed by atoms with Gasteiger partial charge in [-0.25, -0.2) is 0 Å². The summed E-state index contributed by atoms with van der Waals surface area (Å²) in [5.41, 5.74) is 0.834. The first-order valence-electron chi connectivity index (χ1n) is 9.67. The molecular formula is C21H25N3O3S2. The number of hydrogen-bond acceptors (Lipinski definition) is 8. The SMILES string of the molecule is CCOc1cc(/C=C2\SC(=N)[C@@H](c3nnc(CC)s3)C2=O)ccc1OCC(C)C. The summed E-state index contributed by atoms with van der Waals surface area (Å²) < 4.78 is 11.6. The number of allylic oxidation sites excluding steroid dienone is 1. The molecule has 1 aromatic heterocycles. The lowest BCUT2D eigenvalue weighted by Gasteiger charge is -2.14. The van der Waals surface area contributed by atoms with Crippen LogP contribution in [0.5, 0.6) is 11.5 Å². The second-order valence-electron chi connectivity index (χ2n) is 7.00. The van der Waals surface area contributed by atoms with Gasteiger partial charge in [0.05, 0.1) is 23.2 Å². The normalized spacial score (nSPS) is 18.1. The van der Waals surface area contributed by atoms with E-state index in [2.05, 4.69) is 24.0 Å². The Morgan fingerprint density at radius 2 is 2.00 bits per heavy atom. The van der Waals surface area contributed by atoms with E-state index in [0.29, 0.717) is 45.6 Å². The lowest BCUT2D eigenvalue weighted by atomic mass is 10.0. The minimum absolute atomic E-state index is 0.100. The number of aryl methyl sites for hydroxylation is 1. The maximum atomic E-state index is 12.9. The van der Waals surface area contributed by atoms with Crippen LogP contribution in [0.4, 0.5) is 0 Å². The van der Waals surface area contributed by atoms with Crippen LogP contribution in [0.25, 0.3) is 6.08 Å². The average molecular weight is 432 g/mol. The smallest absolute Gasteiger partial charge is 0.186 e. The van der Waals surface area contributed by atoms with Gasteiger partial charge in [-0.3, -0.25) is 10.2 Å². The first kappa shape index (κ1) is 21.5. The molecule has 2 heterocycles. The quantitative estimate of drug-likeness (QED) is 0.595. The molecular weight excluding hydrogens is 406 g/mol. The number of thioether (sulfide) groups is 1. The molecule has 1 N–H and O–H groups in total. The predicted molar refractivity (Wildman–Crippen MR) is 118 cm³/mol. The highest BCUT2D eigenvalue weighted by atomic mass is 32.2. The Balaban J connectivity index is 1.84. The van der Waals surface area contributed by atoms with Crippen molar-refractivity contribution >= 4 is 40.0 Å². The van der Waals surface area contributed by atoms with E-state index in [4.69, 9.17) is 14.9 Å². The van der Waals surface area contributed by atoms with Crippen LogP contribution in [-0.4, -0.2) is 34.2 Å². The summed E-state index contributed by atoms with van der Waals surface area (Å²) in [6.07, 6.45) is 2.57. The molecule has 1 atom stereocenters. The summed E-state index contributed by atoms with van der Waals surface area (Å²) in [6, 6.07) is 5.64. The first-order valence-corrected chi connectivity index (χ1v) is 11.3. The summed E-state index contributed by atoms with van der Waals surface area (Å²) in [6.45, 7) is 9.23. The molecule has 1 aliphatic rings. The van der Waals surface area contributed by atoms with Gasteiger partial charge in [-0.1, -0.05) is 38.6 Å². The fourth-order valence-corrected chi connectivity index (χ4v) is 4.70. The lowest BCUT2D eigenvalue weighted by Crippen LogP contribution is -2.11. The maximum Gasteiger partial charge on any atom is 0.186 e. The van der Waals surface area contributed by atoms with Crippen molar-refractivity contribution < 1.29 is 14.3 Å². The highest BCUT2D eigenvalue weighted by molar-refractivity contribution is 8.19. The monoisotopic (exact) mass is 431 g/mol. The van der Waals surface area contributed by atoms with Gasteiger partial charge in [0, 0.05) is 0 Å². The van der Waals surface area contributed by atoms with Crippen molar-refractivity contribution in [3.63, 3.8) is 0 Å². The standard InChI is InChI=1S/C21H25N3O3S2/c1-5-17-23-24-21(29-17)18-19(25)16(28-20(18)22)10-13-7-8-14(27-11-12(3)4)15(9-13)26-6-2/h7-10,12,18,22H,5-6,11H2,1-4H3/b16-10-,22-20?/t18-/m0/s1. The van der Waals surface area contributed by atoms with Crippen molar-refractivity contribution in [2.45, 2.75) is 40.0 Å². The van der Waals surface area contributed by atoms with Crippen LogP contribution in [0.2, 0.25) is 0 Å². The largest absolute Gasteiger partial charge is 0.490 e. The molecule has 1 aromatic carbocycles. The van der Waals surface area contributed by atoms with Gasteiger partial charge in [0.25, 0.3) is 0 Å². The van der Waals surface area contributed by atoms with Gasteiger partial charge < -0.3 is 9.47 Å². The molecule has 6 nitrogen and oxygen atoms in total. The van der Waals surface area contributed by atoms with Gasteiger partial charge in [0.1, 0.15) is 15.9 Å². The molecule has 3 rings (SSSR count). The Kier molecular flexibility index (Phi) is 7.08. The lowest BCUT2D eigenvalue weighted by molar-refractivity contribution is -0.114. The van der Waals surface area contributed by atoms with Gasteiger partial charge in [0.2, 0.25) is 0 Å². The van der Waals surface area contributed by atoms with Crippen molar-refractivity contribution in [3.8, 4) is 11.5 Å². The van der Waals surface area contributed by atoms with Gasteiger partial charge in [0.15, 0.2) is 17.3 Å². The number of aromatic nitrogens is 2. The first-order chi connectivity index (χ1) is 13.9. The third-order valence-corrected chi connectivity index (χ3v) is 6.28. The number of carbonyl (C=O) groups excluding carboxylic acids is 1. The molecule has 29 heavy (non-hydrogen) atoms. The molecule has 0 saturated carbocycles. The van der Waals surface area contributed by atoms with E-state index in [9.17, 15) is 4.79 Å². The van der Waals surface area contributed by atoms with E-state index < -0.39 is 5.92 Å². The van der Waals surface area contributed by atoms with E-state index in [1.807, 2.05) is 32.0 Å². The van der Waals surface area contributed by atoms with E-state index in [-0.39, 0.29) is 5.78 Å². The molecule has 154 valence electrons. The molecule has 0 radical (unpaired) electrons. The summed E-state index contributed by atoms with van der Waals surface area (Å²) in [7, 11) is 0. The van der Waals surface area contributed by atoms with Gasteiger partial charge in [-0.2, -0.15) is 0 Å².